The first kappa shape index (κ1) is 16.0. The summed E-state index contributed by atoms with van der Waals surface area (Å²) in [7, 11) is 0. The van der Waals surface area contributed by atoms with Gasteiger partial charge in [-0.1, -0.05) is 18.9 Å². The van der Waals surface area contributed by atoms with Crippen molar-refractivity contribution in [3.05, 3.63) is 29.6 Å². The fourth-order valence-electron chi connectivity index (χ4n) is 3.73. The number of benzene rings is 1. The number of hydrogen-bond donors (Lipinski definition) is 1. The van der Waals surface area contributed by atoms with Gasteiger partial charge in [0, 0.05) is 30.7 Å². The second-order valence-electron chi connectivity index (χ2n) is 6.61. The van der Waals surface area contributed by atoms with Crippen LogP contribution in [0.1, 0.15) is 49.4 Å². The van der Waals surface area contributed by atoms with E-state index in [9.17, 15) is 14.0 Å². The first-order chi connectivity index (χ1) is 11.1. The van der Waals surface area contributed by atoms with Crippen molar-refractivity contribution >= 4 is 17.4 Å². The molecule has 1 heterocycles. The predicted molar refractivity (Wildman–Crippen MR) is 87.0 cm³/mol. The normalized spacial score (nSPS) is 21.7. The van der Waals surface area contributed by atoms with Crippen molar-refractivity contribution in [1.29, 1.82) is 0 Å². The highest BCUT2D eigenvalue weighted by atomic mass is 19.1. The van der Waals surface area contributed by atoms with Crippen molar-refractivity contribution < 1.29 is 14.0 Å². The Morgan fingerprint density at radius 2 is 1.96 bits per heavy atom. The molecule has 0 spiro atoms. The quantitative estimate of drug-likeness (QED) is 0.867. The molecule has 2 fully saturated rings. The third-order valence-corrected chi connectivity index (χ3v) is 4.93. The molecule has 23 heavy (non-hydrogen) atoms. The number of likely N-dealkylation sites (tertiary alicyclic amines) is 1. The monoisotopic (exact) mass is 318 g/mol. The van der Waals surface area contributed by atoms with Gasteiger partial charge < -0.3 is 10.2 Å². The van der Waals surface area contributed by atoms with Crippen molar-refractivity contribution in [2.75, 3.05) is 18.4 Å². The number of carbonyl (C=O) groups excluding carboxylic acids is 2. The molecule has 1 aliphatic heterocycles. The zero-order valence-electron chi connectivity index (χ0n) is 13.5. The van der Waals surface area contributed by atoms with Gasteiger partial charge in [0.2, 0.25) is 5.91 Å². The number of halogens is 1. The van der Waals surface area contributed by atoms with E-state index < -0.39 is 5.82 Å². The molecule has 1 saturated carbocycles. The van der Waals surface area contributed by atoms with Gasteiger partial charge in [-0.05, 0) is 38.3 Å². The minimum Gasteiger partial charge on any atom is -0.380 e. The van der Waals surface area contributed by atoms with E-state index in [-0.39, 0.29) is 29.2 Å². The van der Waals surface area contributed by atoms with Crippen molar-refractivity contribution in [2.45, 2.75) is 45.1 Å². The number of anilines is 1. The summed E-state index contributed by atoms with van der Waals surface area (Å²) in [5.41, 5.74) is 0.630. The number of nitrogens with zero attached hydrogens (tertiary/aromatic N) is 1. The van der Waals surface area contributed by atoms with Gasteiger partial charge in [0.15, 0.2) is 5.78 Å². The molecule has 5 heteroatoms. The van der Waals surface area contributed by atoms with Crippen molar-refractivity contribution in [1.82, 2.24) is 4.90 Å². The predicted octanol–water partition coefficient (Wildman–Crippen LogP) is 3.23. The minimum absolute atomic E-state index is 0.0697. The van der Waals surface area contributed by atoms with E-state index >= 15 is 0 Å². The van der Waals surface area contributed by atoms with E-state index in [1.165, 1.54) is 13.0 Å². The van der Waals surface area contributed by atoms with Gasteiger partial charge in [-0.2, -0.15) is 0 Å². The maximum absolute atomic E-state index is 13.9. The molecule has 1 unspecified atom stereocenters. The molecule has 1 N–H and O–H groups in total. The number of ketones is 1. The lowest BCUT2D eigenvalue weighted by molar-refractivity contribution is -0.134. The number of nitrogens with one attached hydrogen (secondary N) is 1. The van der Waals surface area contributed by atoms with E-state index in [0.717, 1.165) is 38.6 Å². The number of rotatable bonds is 4. The molecule has 1 aliphatic carbocycles. The zero-order chi connectivity index (χ0) is 16.4. The second kappa shape index (κ2) is 6.69. The summed E-state index contributed by atoms with van der Waals surface area (Å²) in [6.07, 6.45) is 5.14. The van der Waals surface area contributed by atoms with E-state index in [4.69, 9.17) is 0 Å². The number of amides is 1. The molecule has 0 bridgehead atoms. The van der Waals surface area contributed by atoms with Gasteiger partial charge >= 0.3 is 0 Å². The van der Waals surface area contributed by atoms with Crippen LogP contribution in [0, 0.1) is 11.7 Å². The second-order valence-corrected chi connectivity index (χ2v) is 6.61. The molecular formula is C18H23FN2O2. The first-order valence-corrected chi connectivity index (χ1v) is 8.41. The summed E-state index contributed by atoms with van der Waals surface area (Å²) in [6, 6.07) is 4.69. The van der Waals surface area contributed by atoms with Crippen LogP contribution >= 0.6 is 0 Å². The van der Waals surface area contributed by atoms with E-state index in [1.54, 1.807) is 12.1 Å². The third-order valence-electron chi connectivity index (χ3n) is 4.93. The molecule has 1 amide bonds. The molecule has 1 aromatic rings. The van der Waals surface area contributed by atoms with Crippen LogP contribution in [-0.4, -0.2) is 35.7 Å². The first-order valence-electron chi connectivity index (χ1n) is 8.41. The number of carbonyl (C=O) groups is 2. The molecule has 1 atom stereocenters. The molecule has 1 saturated heterocycles. The standard InChI is InChI=1S/C18H23FN2O2/c1-12(22)17-15(19)7-4-8-16(17)20-14-9-10-21(11-14)18(23)13-5-2-3-6-13/h4,7-8,13-14,20H,2-3,5-6,9-11H2,1H3. The van der Waals surface area contributed by atoms with E-state index in [2.05, 4.69) is 5.32 Å². The molecular weight excluding hydrogens is 295 g/mol. The Labute approximate surface area is 136 Å². The fraction of sp³-hybridized carbons (Fsp3) is 0.556. The average Bonchev–Trinajstić information content (AvgIpc) is 3.17. The van der Waals surface area contributed by atoms with Gasteiger partial charge in [0.05, 0.1) is 5.56 Å². The lowest BCUT2D eigenvalue weighted by atomic mass is 10.1. The fourth-order valence-corrected chi connectivity index (χ4v) is 3.73. The Kier molecular flexibility index (Phi) is 4.64. The van der Waals surface area contributed by atoms with Crippen LogP contribution in [0.25, 0.3) is 0 Å². The largest absolute Gasteiger partial charge is 0.380 e. The van der Waals surface area contributed by atoms with E-state index in [1.807, 2.05) is 4.90 Å². The van der Waals surface area contributed by atoms with Crippen LogP contribution in [0.4, 0.5) is 10.1 Å². The van der Waals surface area contributed by atoms with Crippen LogP contribution < -0.4 is 5.32 Å². The Hall–Kier alpha value is -1.91. The summed E-state index contributed by atoms with van der Waals surface area (Å²) in [5.74, 6) is -0.338. The highest BCUT2D eigenvalue weighted by molar-refractivity contribution is 5.99. The van der Waals surface area contributed by atoms with Crippen LogP contribution in [0.3, 0.4) is 0 Å². The highest BCUT2D eigenvalue weighted by Gasteiger charge is 2.32. The topological polar surface area (TPSA) is 49.4 Å². The number of hydrogen-bond acceptors (Lipinski definition) is 3. The van der Waals surface area contributed by atoms with Crippen molar-refractivity contribution in [2.24, 2.45) is 5.92 Å². The van der Waals surface area contributed by atoms with Crippen molar-refractivity contribution in [3.63, 3.8) is 0 Å². The van der Waals surface area contributed by atoms with Gasteiger partial charge in [0.25, 0.3) is 0 Å². The highest BCUT2D eigenvalue weighted by Crippen LogP contribution is 2.29. The smallest absolute Gasteiger partial charge is 0.225 e. The van der Waals surface area contributed by atoms with Gasteiger partial charge in [-0.25, -0.2) is 4.39 Å². The lowest BCUT2D eigenvalue weighted by Gasteiger charge is -2.21. The average molecular weight is 318 g/mol. The van der Waals surface area contributed by atoms with Crippen LogP contribution in [0.5, 0.6) is 0 Å². The molecule has 3 rings (SSSR count). The molecule has 124 valence electrons. The molecule has 2 aliphatic rings. The van der Waals surface area contributed by atoms with Crippen LogP contribution in [0.2, 0.25) is 0 Å². The summed E-state index contributed by atoms with van der Waals surface area (Å²) in [4.78, 5) is 26.0. The van der Waals surface area contributed by atoms with Crippen LogP contribution in [0.15, 0.2) is 18.2 Å². The van der Waals surface area contributed by atoms with Crippen LogP contribution in [-0.2, 0) is 4.79 Å². The van der Waals surface area contributed by atoms with E-state index in [0.29, 0.717) is 12.2 Å². The SMILES string of the molecule is CC(=O)c1c(F)cccc1NC1CCN(C(=O)C2CCCC2)C1. The molecule has 4 nitrogen and oxygen atoms in total. The Morgan fingerprint density at radius 3 is 2.65 bits per heavy atom. The minimum atomic E-state index is -0.501. The lowest BCUT2D eigenvalue weighted by Crippen LogP contribution is -2.35. The summed E-state index contributed by atoms with van der Waals surface area (Å²) in [6.45, 7) is 2.73. The zero-order valence-corrected chi connectivity index (χ0v) is 13.5. The summed E-state index contributed by atoms with van der Waals surface area (Å²) in [5, 5.41) is 3.25. The Morgan fingerprint density at radius 1 is 1.22 bits per heavy atom. The number of Topliss-reactive ketones (excluding diaryl/α,β-unsaturated/α-hetero) is 1. The summed E-state index contributed by atoms with van der Waals surface area (Å²) < 4.78 is 13.9. The third kappa shape index (κ3) is 3.38. The summed E-state index contributed by atoms with van der Waals surface area (Å²) >= 11 is 0. The van der Waals surface area contributed by atoms with Gasteiger partial charge in [-0.15, -0.1) is 0 Å². The molecule has 0 radical (unpaired) electrons. The maximum atomic E-state index is 13.9. The maximum Gasteiger partial charge on any atom is 0.225 e. The Bertz CT molecular complexity index is 611. The Balaban J connectivity index is 1.65. The van der Waals surface area contributed by atoms with Gasteiger partial charge in [0.1, 0.15) is 5.82 Å². The molecule has 0 aromatic heterocycles. The van der Waals surface area contributed by atoms with Crippen molar-refractivity contribution in [3.8, 4) is 0 Å². The molecule has 1 aromatic carbocycles. The van der Waals surface area contributed by atoms with Gasteiger partial charge in [-0.3, -0.25) is 9.59 Å².